The average molecular weight is 325 g/mol. The maximum atomic E-state index is 6.41. The Bertz CT molecular complexity index is 776. The predicted octanol–water partition coefficient (Wildman–Crippen LogP) is 6.80. The second kappa shape index (κ2) is 7.52. The van der Waals surface area contributed by atoms with E-state index in [9.17, 15) is 0 Å². The Morgan fingerprint density at radius 1 is 0.957 bits per heavy atom. The highest BCUT2D eigenvalue weighted by atomic mass is 35.5. The number of unbranched alkanes of at least 4 members (excludes halogenated alkanes) is 1. The topological polar surface area (TPSA) is 9.23 Å². The molecule has 23 heavy (non-hydrogen) atoms. The van der Waals surface area contributed by atoms with E-state index in [0.717, 1.165) is 41.0 Å². The normalized spacial score (nSPS) is 12.3. The van der Waals surface area contributed by atoms with Gasteiger partial charge in [-0.3, -0.25) is 0 Å². The summed E-state index contributed by atoms with van der Waals surface area (Å²) in [5.41, 5.74) is 1.14. The summed E-state index contributed by atoms with van der Waals surface area (Å²) >= 11 is 6.17. The van der Waals surface area contributed by atoms with Gasteiger partial charge in [0.15, 0.2) is 0 Å². The van der Waals surface area contributed by atoms with Gasteiger partial charge in [-0.1, -0.05) is 73.5 Å². The number of rotatable bonds is 6. The number of hydrogen-bond donors (Lipinski definition) is 0. The molecule has 0 N–H and O–H groups in total. The van der Waals surface area contributed by atoms with Crippen molar-refractivity contribution in [2.45, 2.75) is 32.3 Å². The highest BCUT2D eigenvalue weighted by molar-refractivity contribution is 6.30. The molecule has 0 radical (unpaired) electrons. The van der Waals surface area contributed by atoms with E-state index in [-0.39, 0.29) is 6.10 Å². The smallest absolute Gasteiger partial charge is 0.128 e. The van der Waals surface area contributed by atoms with E-state index in [1.165, 1.54) is 5.39 Å². The molecular weight excluding hydrogens is 304 g/mol. The second-order valence-corrected chi connectivity index (χ2v) is 6.22. The summed E-state index contributed by atoms with van der Waals surface area (Å²) < 4.78 is 6.41. The van der Waals surface area contributed by atoms with E-state index >= 15 is 0 Å². The summed E-state index contributed by atoms with van der Waals surface area (Å²) in [5.74, 6) is 0.934. The van der Waals surface area contributed by atoms with E-state index in [4.69, 9.17) is 16.3 Å². The fourth-order valence-electron chi connectivity index (χ4n) is 2.84. The molecule has 3 aromatic carbocycles. The molecule has 1 nitrogen and oxygen atoms in total. The van der Waals surface area contributed by atoms with Crippen LogP contribution in [0.5, 0.6) is 5.75 Å². The van der Waals surface area contributed by atoms with Crippen molar-refractivity contribution in [2.75, 3.05) is 0 Å². The number of ether oxygens (including phenoxy) is 1. The minimum absolute atomic E-state index is 0.0273. The quantitative estimate of drug-likeness (QED) is 0.484. The van der Waals surface area contributed by atoms with Crippen molar-refractivity contribution in [3.05, 3.63) is 77.3 Å². The molecule has 0 saturated carbocycles. The molecule has 0 bridgehead atoms. The van der Waals surface area contributed by atoms with Gasteiger partial charge < -0.3 is 4.74 Å². The van der Waals surface area contributed by atoms with E-state index in [0.29, 0.717) is 0 Å². The third-order valence-corrected chi connectivity index (χ3v) is 4.29. The van der Waals surface area contributed by atoms with Crippen LogP contribution in [0.2, 0.25) is 5.02 Å². The Hall–Kier alpha value is -1.99. The zero-order valence-electron chi connectivity index (χ0n) is 13.3. The fourth-order valence-corrected chi connectivity index (χ4v) is 3.04. The molecule has 0 saturated heterocycles. The van der Waals surface area contributed by atoms with E-state index in [2.05, 4.69) is 43.3 Å². The van der Waals surface area contributed by atoms with Crippen molar-refractivity contribution in [1.82, 2.24) is 0 Å². The van der Waals surface area contributed by atoms with Crippen LogP contribution >= 0.6 is 11.6 Å². The number of fused-ring (bicyclic) bond motifs is 1. The van der Waals surface area contributed by atoms with Gasteiger partial charge >= 0.3 is 0 Å². The maximum Gasteiger partial charge on any atom is 0.128 e. The van der Waals surface area contributed by atoms with Gasteiger partial charge in [0.25, 0.3) is 0 Å². The number of benzene rings is 3. The predicted molar refractivity (Wildman–Crippen MR) is 98.3 cm³/mol. The van der Waals surface area contributed by atoms with Gasteiger partial charge in [0, 0.05) is 10.4 Å². The first-order valence-electron chi connectivity index (χ1n) is 8.18. The first-order valence-corrected chi connectivity index (χ1v) is 8.55. The van der Waals surface area contributed by atoms with E-state index in [1.54, 1.807) is 0 Å². The van der Waals surface area contributed by atoms with Gasteiger partial charge in [0.2, 0.25) is 0 Å². The monoisotopic (exact) mass is 324 g/mol. The third kappa shape index (κ3) is 3.86. The summed E-state index contributed by atoms with van der Waals surface area (Å²) in [6, 6.07) is 22.5. The fraction of sp³-hybridized carbons (Fsp3) is 0.238. The number of hydrogen-bond acceptors (Lipinski definition) is 1. The van der Waals surface area contributed by atoms with Gasteiger partial charge in [0.05, 0.1) is 0 Å². The molecule has 3 rings (SSSR count). The Balaban J connectivity index is 1.94. The first kappa shape index (κ1) is 15.9. The highest BCUT2D eigenvalue weighted by Crippen LogP contribution is 2.32. The van der Waals surface area contributed by atoms with Gasteiger partial charge in [0.1, 0.15) is 11.9 Å². The summed E-state index contributed by atoms with van der Waals surface area (Å²) in [7, 11) is 0. The summed E-state index contributed by atoms with van der Waals surface area (Å²) in [6.07, 6.45) is 3.29. The summed E-state index contributed by atoms with van der Waals surface area (Å²) in [4.78, 5) is 0. The molecule has 118 valence electrons. The highest BCUT2D eigenvalue weighted by Gasteiger charge is 2.15. The van der Waals surface area contributed by atoms with Crippen molar-refractivity contribution < 1.29 is 4.74 Å². The lowest BCUT2D eigenvalue weighted by Crippen LogP contribution is -2.08. The Morgan fingerprint density at radius 3 is 2.57 bits per heavy atom. The van der Waals surface area contributed by atoms with E-state index in [1.807, 2.05) is 30.3 Å². The van der Waals surface area contributed by atoms with Crippen LogP contribution in [-0.2, 0) is 0 Å². The van der Waals surface area contributed by atoms with Crippen molar-refractivity contribution in [3.8, 4) is 5.75 Å². The standard InChI is InChI=1S/C21H21ClO/c1-2-3-13-20(17-10-6-11-18(22)15-17)23-21-14-7-9-16-8-4-5-12-19(16)21/h4-12,14-15,20H,2-3,13H2,1H3. The molecule has 0 amide bonds. The van der Waals surface area contributed by atoms with Crippen molar-refractivity contribution in [3.63, 3.8) is 0 Å². The minimum atomic E-state index is 0.0273. The zero-order valence-corrected chi connectivity index (χ0v) is 14.1. The molecule has 0 aromatic heterocycles. The van der Waals surface area contributed by atoms with E-state index < -0.39 is 0 Å². The van der Waals surface area contributed by atoms with Gasteiger partial charge in [-0.2, -0.15) is 0 Å². The summed E-state index contributed by atoms with van der Waals surface area (Å²) in [6.45, 7) is 2.20. The molecule has 1 unspecified atom stereocenters. The molecule has 3 aromatic rings. The molecule has 2 heteroatoms. The van der Waals surface area contributed by atoms with Crippen LogP contribution in [0, 0.1) is 0 Å². The van der Waals surface area contributed by atoms with Crippen molar-refractivity contribution in [1.29, 1.82) is 0 Å². The summed E-state index contributed by atoms with van der Waals surface area (Å²) in [5, 5.41) is 3.11. The molecule has 0 heterocycles. The molecule has 0 fully saturated rings. The van der Waals surface area contributed by atoms with Gasteiger partial charge in [-0.25, -0.2) is 0 Å². The molecule has 0 aliphatic carbocycles. The van der Waals surface area contributed by atoms with Crippen LogP contribution in [0.4, 0.5) is 0 Å². The zero-order chi connectivity index (χ0) is 16.1. The molecule has 0 aliphatic heterocycles. The van der Waals surface area contributed by atoms with Crippen LogP contribution in [0.1, 0.15) is 37.9 Å². The first-order chi connectivity index (χ1) is 11.3. The van der Waals surface area contributed by atoms with Gasteiger partial charge in [-0.05, 0) is 42.0 Å². The average Bonchev–Trinajstić information content (AvgIpc) is 2.58. The van der Waals surface area contributed by atoms with Crippen LogP contribution in [0.25, 0.3) is 10.8 Å². The van der Waals surface area contributed by atoms with Crippen LogP contribution < -0.4 is 4.74 Å². The minimum Gasteiger partial charge on any atom is -0.485 e. The second-order valence-electron chi connectivity index (χ2n) is 5.78. The van der Waals surface area contributed by atoms with Crippen LogP contribution in [-0.4, -0.2) is 0 Å². The maximum absolute atomic E-state index is 6.41. The lowest BCUT2D eigenvalue weighted by atomic mass is 10.0. The van der Waals surface area contributed by atoms with Crippen LogP contribution in [0.15, 0.2) is 66.7 Å². The molecule has 0 aliphatic rings. The lowest BCUT2D eigenvalue weighted by molar-refractivity contribution is 0.194. The Morgan fingerprint density at radius 2 is 1.74 bits per heavy atom. The Kier molecular flexibility index (Phi) is 5.19. The third-order valence-electron chi connectivity index (χ3n) is 4.06. The van der Waals surface area contributed by atoms with Crippen molar-refractivity contribution >= 4 is 22.4 Å². The largest absolute Gasteiger partial charge is 0.485 e. The molecule has 1 atom stereocenters. The molecular formula is C21H21ClO. The SMILES string of the molecule is CCCCC(Oc1cccc2ccccc12)c1cccc(Cl)c1. The lowest BCUT2D eigenvalue weighted by Gasteiger charge is -2.21. The number of halogens is 1. The Labute approximate surface area is 142 Å². The van der Waals surface area contributed by atoms with Crippen LogP contribution in [0.3, 0.4) is 0 Å². The van der Waals surface area contributed by atoms with Gasteiger partial charge in [-0.15, -0.1) is 0 Å². The van der Waals surface area contributed by atoms with Crippen molar-refractivity contribution in [2.24, 2.45) is 0 Å². The molecule has 0 spiro atoms.